The van der Waals surface area contributed by atoms with Crippen molar-refractivity contribution in [2.45, 2.75) is 11.4 Å². The second-order valence-corrected chi connectivity index (χ2v) is 4.31. The van der Waals surface area contributed by atoms with E-state index in [-0.39, 0.29) is 22.4 Å². The minimum absolute atomic E-state index is 0.0357. The molecule has 19 heavy (non-hydrogen) atoms. The molecule has 0 aliphatic rings. The smallest absolute Gasteiger partial charge is 0.411 e. The summed E-state index contributed by atoms with van der Waals surface area (Å²) in [5.74, 6) is -0.207. The molecule has 0 aromatic carbocycles. The minimum atomic E-state index is -4.61. The Bertz CT molecular complexity index is 627. The fourth-order valence-corrected chi connectivity index (χ4v) is 1.75. The molecule has 2 heterocycles. The zero-order chi connectivity index (χ0) is 14.0. The van der Waals surface area contributed by atoms with Crippen molar-refractivity contribution in [2.24, 2.45) is 7.05 Å². The summed E-state index contributed by atoms with van der Waals surface area (Å²) in [7, 11) is 1.36. The van der Waals surface area contributed by atoms with Crippen LogP contribution < -0.4 is 0 Å². The van der Waals surface area contributed by atoms with Crippen LogP contribution in [0.2, 0.25) is 0 Å². The lowest BCUT2D eigenvalue weighted by molar-refractivity contribution is -0.141. The number of thioether (sulfide) groups is 1. The highest BCUT2D eigenvalue weighted by molar-refractivity contribution is 7.99. The maximum atomic E-state index is 12.7. The van der Waals surface area contributed by atoms with Crippen molar-refractivity contribution in [3.05, 3.63) is 11.9 Å². The SMILES string of the molecule is Cn1cc(-c2nnc(SCC#N)o2)c(C(F)(F)F)n1. The van der Waals surface area contributed by atoms with Gasteiger partial charge in [0.2, 0.25) is 0 Å². The summed E-state index contributed by atoms with van der Waals surface area (Å²) in [6.45, 7) is 0. The third kappa shape index (κ3) is 2.87. The quantitative estimate of drug-likeness (QED) is 0.805. The summed E-state index contributed by atoms with van der Waals surface area (Å²) >= 11 is 0.946. The van der Waals surface area contributed by atoms with Crippen LogP contribution in [0.4, 0.5) is 13.2 Å². The van der Waals surface area contributed by atoms with Gasteiger partial charge in [-0.2, -0.15) is 23.5 Å². The third-order valence-corrected chi connectivity index (χ3v) is 2.68. The molecule has 0 N–H and O–H groups in total. The van der Waals surface area contributed by atoms with Crippen LogP contribution in [0, 0.1) is 11.3 Å². The second kappa shape index (κ2) is 4.93. The Kier molecular flexibility index (Phi) is 3.48. The summed E-state index contributed by atoms with van der Waals surface area (Å²) in [6.07, 6.45) is -3.46. The largest absolute Gasteiger partial charge is 0.435 e. The van der Waals surface area contributed by atoms with Gasteiger partial charge < -0.3 is 4.42 Å². The molecule has 0 atom stereocenters. The number of hydrogen-bond acceptors (Lipinski definition) is 6. The number of hydrogen-bond donors (Lipinski definition) is 0. The Hall–Kier alpha value is -2.02. The highest BCUT2D eigenvalue weighted by Crippen LogP contribution is 2.35. The fourth-order valence-electron chi connectivity index (χ4n) is 1.33. The molecule has 0 aliphatic heterocycles. The Balaban J connectivity index is 2.37. The third-order valence-electron chi connectivity index (χ3n) is 1.99. The molecule has 0 spiro atoms. The van der Waals surface area contributed by atoms with E-state index in [1.165, 1.54) is 7.05 Å². The lowest BCUT2D eigenvalue weighted by atomic mass is 10.2. The monoisotopic (exact) mass is 289 g/mol. The predicted molar refractivity (Wildman–Crippen MR) is 57.8 cm³/mol. The number of nitrogens with zero attached hydrogens (tertiary/aromatic N) is 5. The van der Waals surface area contributed by atoms with Crippen LogP contribution in [0.15, 0.2) is 15.8 Å². The van der Waals surface area contributed by atoms with E-state index in [1.54, 1.807) is 0 Å². The maximum absolute atomic E-state index is 12.7. The second-order valence-electron chi connectivity index (χ2n) is 3.38. The van der Waals surface area contributed by atoms with E-state index < -0.39 is 11.9 Å². The molecule has 10 heteroatoms. The molecule has 0 radical (unpaired) electrons. The van der Waals surface area contributed by atoms with E-state index in [4.69, 9.17) is 9.68 Å². The van der Waals surface area contributed by atoms with Crippen LogP contribution in [0.1, 0.15) is 5.69 Å². The first-order chi connectivity index (χ1) is 8.91. The molecular weight excluding hydrogens is 283 g/mol. The van der Waals surface area contributed by atoms with Crippen LogP contribution in [-0.4, -0.2) is 25.7 Å². The summed E-state index contributed by atoms with van der Waals surface area (Å²) in [5.41, 5.74) is -1.37. The summed E-state index contributed by atoms with van der Waals surface area (Å²) < 4.78 is 44.3. The molecule has 2 aromatic heterocycles. The Labute approximate surface area is 109 Å². The highest BCUT2D eigenvalue weighted by atomic mass is 32.2. The van der Waals surface area contributed by atoms with Gasteiger partial charge >= 0.3 is 6.18 Å². The predicted octanol–water partition coefficient (Wildman–Crippen LogP) is 2.10. The van der Waals surface area contributed by atoms with Gasteiger partial charge in [0.1, 0.15) is 0 Å². The van der Waals surface area contributed by atoms with Crippen molar-refractivity contribution in [1.82, 2.24) is 20.0 Å². The molecule has 0 unspecified atom stereocenters. The molecule has 6 nitrogen and oxygen atoms in total. The van der Waals surface area contributed by atoms with Gasteiger partial charge in [-0.25, -0.2) is 0 Å². The van der Waals surface area contributed by atoms with Crippen molar-refractivity contribution in [2.75, 3.05) is 5.75 Å². The Morgan fingerprint density at radius 2 is 2.21 bits per heavy atom. The van der Waals surface area contributed by atoms with Gasteiger partial charge in [-0.3, -0.25) is 4.68 Å². The molecule has 2 aromatic rings. The number of halogens is 3. The molecule has 0 amide bonds. The van der Waals surface area contributed by atoms with Crippen molar-refractivity contribution in [3.63, 3.8) is 0 Å². The molecule has 100 valence electrons. The molecule has 0 aliphatic carbocycles. The lowest BCUT2D eigenvalue weighted by Gasteiger charge is -2.02. The standard InChI is InChI=1S/C9H6F3N5OS/c1-17-4-5(6(16-17)9(10,11)12)7-14-15-8(18-7)19-3-2-13/h4H,3H2,1H3. The Morgan fingerprint density at radius 3 is 2.84 bits per heavy atom. The van der Waals surface area contributed by atoms with E-state index in [0.717, 1.165) is 22.6 Å². The van der Waals surface area contributed by atoms with E-state index in [2.05, 4.69) is 15.3 Å². The lowest BCUT2D eigenvalue weighted by Crippen LogP contribution is -2.08. The number of aryl methyl sites for hydroxylation is 1. The fraction of sp³-hybridized carbons (Fsp3) is 0.333. The van der Waals surface area contributed by atoms with Crippen molar-refractivity contribution < 1.29 is 17.6 Å². The first-order valence-corrected chi connectivity index (χ1v) is 5.85. The van der Waals surface area contributed by atoms with E-state index in [0.29, 0.717) is 0 Å². The van der Waals surface area contributed by atoms with Crippen molar-refractivity contribution in [1.29, 1.82) is 5.26 Å². The summed E-state index contributed by atoms with van der Waals surface area (Å²) in [4.78, 5) is 0. The number of aromatic nitrogens is 4. The van der Waals surface area contributed by atoms with Gasteiger partial charge in [-0.1, -0.05) is 11.8 Å². The number of nitriles is 1. The van der Waals surface area contributed by atoms with Gasteiger partial charge in [0, 0.05) is 13.2 Å². The average Bonchev–Trinajstić information content (AvgIpc) is 2.91. The van der Waals surface area contributed by atoms with Crippen LogP contribution in [0.5, 0.6) is 0 Å². The topological polar surface area (TPSA) is 80.5 Å². The van der Waals surface area contributed by atoms with Gasteiger partial charge in [-0.15, -0.1) is 10.2 Å². The van der Waals surface area contributed by atoms with Gasteiger partial charge in [0.05, 0.1) is 17.4 Å². The van der Waals surface area contributed by atoms with Crippen molar-refractivity contribution in [3.8, 4) is 17.5 Å². The Morgan fingerprint density at radius 1 is 1.47 bits per heavy atom. The molecule has 0 fully saturated rings. The number of alkyl halides is 3. The first kappa shape index (κ1) is 13.4. The van der Waals surface area contributed by atoms with Crippen LogP contribution in [-0.2, 0) is 13.2 Å². The van der Waals surface area contributed by atoms with Gasteiger partial charge in [0.15, 0.2) is 5.69 Å². The van der Waals surface area contributed by atoms with Gasteiger partial charge in [0.25, 0.3) is 11.1 Å². The van der Waals surface area contributed by atoms with Crippen LogP contribution in [0.3, 0.4) is 0 Å². The zero-order valence-electron chi connectivity index (χ0n) is 9.47. The molecule has 0 saturated carbocycles. The minimum Gasteiger partial charge on any atom is -0.411 e. The normalized spacial score (nSPS) is 11.5. The summed E-state index contributed by atoms with van der Waals surface area (Å²) in [5, 5.41) is 18.8. The van der Waals surface area contributed by atoms with Gasteiger partial charge in [-0.05, 0) is 0 Å². The maximum Gasteiger partial charge on any atom is 0.435 e. The van der Waals surface area contributed by atoms with Crippen molar-refractivity contribution >= 4 is 11.8 Å². The average molecular weight is 289 g/mol. The van der Waals surface area contributed by atoms with E-state index in [1.807, 2.05) is 6.07 Å². The van der Waals surface area contributed by atoms with Crippen LogP contribution in [0.25, 0.3) is 11.5 Å². The van der Waals surface area contributed by atoms with E-state index in [9.17, 15) is 13.2 Å². The molecule has 2 rings (SSSR count). The first-order valence-electron chi connectivity index (χ1n) is 4.86. The highest BCUT2D eigenvalue weighted by Gasteiger charge is 2.38. The summed E-state index contributed by atoms with van der Waals surface area (Å²) in [6, 6.07) is 1.84. The molecular formula is C9H6F3N5OS. The number of rotatable bonds is 3. The van der Waals surface area contributed by atoms with Crippen LogP contribution >= 0.6 is 11.8 Å². The van der Waals surface area contributed by atoms with E-state index >= 15 is 0 Å². The molecule has 0 saturated heterocycles. The zero-order valence-corrected chi connectivity index (χ0v) is 10.3. The molecule has 0 bridgehead atoms.